The van der Waals surface area contributed by atoms with Crippen LogP contribution in [0.5, 0.6) is 0 Å². The first-order valence-electron chi connectivity index (χ1n) is 9.26. The van der Waals surface area contributed by atoms with Crippen LogP contribution in [0.2, 0.25) is 0 Å². The van der Waals surface area contributed by atoms with Gasteiger partial charge in [-0.2, -0.15) is 0 Å². The molecule has 1 unspecified atom stereocenters. The lowest BCUT2D eigenvalue weighted by Gasteiger charge is -2.28. The summed E-state index contributed by atoms with van der Waals surface area (Å²) in [7, 11) is 0. The Morgan fingerprint density at radius 3 is 2.00 bits per heavy atom. The number of carbonyl (C=O) groups is 2. The van der Waals surface area contributed by atoms with Crippen molar-refractivity contribution in [3.8, 4) is 0 Å². The Balaban J connectivity index is 2.02. The summed E-state index contributed by atoms with van der Waals surface area (Å²) in [6, 6.07) is 19.5. The molecular weight excluding hydrogens is 324 g/mol. The van der Waals surface area contributed by atoms with E-state index in [1.807, 2.05) is 67.6 Å². The molecule has 0 radical (unpaired) electrons. The number of benzene rings is 2. The maximum Gasteiger partial charge on any atom is 0.242 e. The van der Waals surface area contributed by atoms with Crippen molar-refractivity contribution in [1.29, 1.82) is 0 Å². The molecule has 0 saturated carbocycles. The smallest absolute Gasteiger partial charge is 0.242 e. The van der Waals surface area contributed by atoms with Crippen molar-refractivity contribution in [1.82, 2.24) is 10.2 Å². The van der Waals surface area contributed by atoms with Gasteiger partial charge in [0.2, 0.25) is 11.8 Å². The Kier molecular flexibility index (Phi) is 7.87. The molecule has 0 saturated heterocycles. The van der Waals surface area contributed by atoms with Crippen molar-refractivity contribution in [2.24, 2.45) is 0 Å². The predicted molar refractivity (Wildman–Crippen MR) is 105 cm³/mol. The van der Waals surface area contributed by atoms with Crippen molar-refractivity contribution in [3.05, 3.63) is 71.8 Å². The van der Waals surface area contributed by atoms with Gasteiger partial charge in [0.25, 0.3) is 0 Å². The molecular formula is C22H28N2O2. The zero-order chi connectivity index (χ0) is 18.8. The fraction of sp³-hybridized carbons (Fsp3) is 0.364. The molecule has 0 aliphatic heterocycles. The summed E-state index contributed by atoms with van der Waals surface area (Å²) in [6.45, 7) is 4.79. The van der Waals surface area contributed by atoms with Crippen molar-refractivity contribution in [3.63, 3.8) is 0 Å². The summed E-state index contributed by atoms with van der Waals surface area (Å²) < 4.78 is 0. The SMILES string of the molecule is CCNC(=O)C(C)N(CCc1ccccc1)C(=O)CCc1ccccc1. The van der Waals surface area contributed by atoms with E-state index in [-0.39, 0.29) is 11.8 Å². The molecule has 0 fully saturated rings. The van der Waals surface area contributed by atoms with Crippen LogP contribution in [0.1, 0.15) is 31.4 Å². The zero-order valence-electron chi connectivity index (χ0n) is 15.7. The number of amides is 2. The third-order valence-corrected chi connectivity index (χ3v) is 4.47. The minimum Gasteiger partial charge on any atom is -0.355 e. The van der Waals surface area contributed by atoms with Crippen LogP contribution < -0.4 is 5.32 Å². The van der Waals surface area contributed by atoms with Crippen LogP contribution in [-0.2, 0) is 22.4 Å². The third kappa shape index (κ3) is 6.03. The Morgan fingerprint density at radius 2 is 1.46 bits per heavy atom. The number of carbonyl (C=O) groups excluding carboxylic acids is 2. The highest BCUT2D eigenvalue weighted by Gasteiger charge is 2.25. The Morgan fingerprint density at radius 1 is 0.923 bits per heavy atom. The fourth-order valence-corrected chi connectivity index (χ4v) is 2.93. The summed E-state index contributed by atoms with van der Waals surface area (Å²) in [5.74, 6) is -0.0860. The highest BCUT2D eigenvalue weighted by Crippen LogP contribution is 2.10. The maximum atomic E-state index is 12.8. The Labute approximate surface area is 156 Å². The van der Waals surface area contributed by atoms with Crippen LogP contribution in [0, 0.1) is 0 Å². The topological polar surface area (TPSA) is 49.4 Å². The largest absolute Gasteiger partial charge is 0.355 e. The van der Waals surface area contributed by atoms with E-state index in [1.165, 1.54) is 0 Å². The van der Waals surface area contributed by atoms with Crippen LogP contribution in [0.3, 0.4) is 0 Å². The molecule has 0 aliphatic carbocycles. The van der Waals surface area contributed by atoms with Crippen LogP contribution in [0.4, 0.5) is 0 Å². The second-order valence-electron chi connectivity index (χ2n) is 6.38. The average molecular weight is 352 g/mol. The molecule has 4 heteroatoms. The molecule has 1 atom stereocenters. The number of nitrogens with one attached hydrogen (secondary N) is 1. The second kappa shape index (κ2) is 10.4. The number of likely N-dealkylation sites (N-methyl/N-ethyl adjacent to an activating group) is 1. The van der Waals surface area contributed by atoms with E-state index >= 15 is 0 Å². The molecule has 138 valence electrons. The van der Waals surface area contributed by atoms with Gasteiger partial charge in [-0.1, -0.05) is 60.7 Å². The lowest BCUT2D eigenvalue weighted by Crippen LogP contribution is -2.48. The van der Waals surface area contributed by atoms with Gasteiger partial charge in [0.15, 0.2) is 0 Å². The number of aryl methyl sites for hydroxylation is 1. The van der Waals surface area contributed by atoms with Gasteiger partial charge in [-0.25, -0.2) is 0 Å². The first-order chi connectivity index (χ1) is 12.6. The Hall–Kier alpha value is -2.62. The molecule has 0 bridgehead atoms. The minimum atomic E-state index is -0.470. The van der Waals surface area contributed by atoms with Gasteiger partial charge in [-0.05, 0) is 37.8 Å². The van der Waals surface area contributed by atoms with E-state index in [9.17, 15) is 9.59 Å². The lowest BCUT2D eigenvalue weighted by molar-refractivity contribution is -0.139. The van der Waals surface area contributed by atoms with E-state index in [2.05, 4.69) is 5.32 Å². The molecule has 2 aromatic carbocycles. The summed E-state index contributed by atoms with van der Waals surface area (Å²) in [4.78, 5) is 26.8. The summed E-state index contributed by atoms with van der Waals surface area (Å²) in [5, 5.41) is 2.82. The van der Waals surface area contributed by atoms with Gasteiger partial charge < -0.3 is 10.2 Å². The molecule has 2 rings (SSSR count). The standard InChI is InChI=1S/C22H28N2O2/c1-3-23-22(26)18(2)24(17-16-20-12-8-5-9-13-20)21(25)15-14-19-10-6-4-7-11-19/h4-13,18H,3,14-17H2,1-2H3,(H,23,26). The van der Waals surface area contributed by atoms with Crippen LogP contribution >= 0.6 is 0 Å². The minimum absolute atomic E-state index is 0.0172. The van der Waals surface area contributed by atoms with E-state index in [4.69, 9.17) is 0 Å². The van der Waals surface area contributed by atoms with E-state index in [1.54, 1.807) is 11.8 Å². The van der Waals surface area contributed by atoms with Crippen LogP contribution in [-0.4, -0.2) is 35.8 Å². The summed E-state index contributed by atoms with van der Waals surface area (Å²) in [5.41, 5.74) is 2.30. The van der Waals surface area contributed by atoms with E-state index in [0.717, 1.165) is 17.5 Å². The van der Waals surface area contributed by atoms with Crippen molar-refractivity contribution in [2.75, 3.05) is 13.1 Å². The molecule has 4 nitrogen and oxygen atoms in total. The highest BCUT2D eigenvalue weighted by molar-refractivity contribution is 5.87. The predicted octanol–water partition coefficient (Wildman–Crippen LogP) is 3.22. The normalized spacial score (nSPS) is 11.6. The monoisotopic (exact) mass is 352 g/mol. The van der Waals surface area contributed by atoms with E-state index in [0.29, 0.717) is 25.9 Å². The van der Waals surface area contributed by atoms with Gasteiger partial charge >= 0.3 is 0 Å². The van der Waals surface area contributed by atoms with Crippen molar-refractivity contribution >= 4 is 11.8 Å². The molecule has 0 spiro atoms. The Bertz CT molecular complexity index is 686. The average Bonchev–Trinajstić information content (AvgIpc) is 2.68. The molecule has 0 aliphatic rings. The van der Waals surface area contributed by atoms with Gasteiger partial charge in [0.1, 0.15) is 6.04 Å². The summed E-state index contributed by atoms with van der Waals surface area (Å²) >= 11 is 0. The van der Waals surface area contributed by atoms with E-state index < -0.39 is 6.04 Å². The molecule has 2 amide bonds. The fourth-order valence-electron chi connectivity index (χ4n) is 2.93. The molecule has 2 aromatic rings. The lowest BCUT2D eigenvalue weighted by atomic mass is 10.1. The van der Waals surface area contributed by atoms with Gasteiger partial charge in [-0.15, -0.1) is 0 Å². The zero-order valence-corrected chi connectivity index (χ0v) is 15.7. The number of rotatable bonds is 9. The second-order valence-corrected chi connectivity index (χ2v) is 6.38. The van der Waals surface area contributed by atoms with Gasteiger partial charge in [-0.3, -0.25) is 9.59 Å². The first-order valence-corrected chi connectivity index (χ1v) is 9.26. The molecule has 1 N–H and O–H groups in total. The molecule has 0 heterocycles. The van der Waals surface area contributed by atoms with Crippen LogP contribution in [0.25, 0.3) is 0 Å². The quantitative estimate of drug-likeness (QED) is 0.753. The molecule has 26 heavy (non-hydrogen) atoms. The molecule has 0 aromatic heterocycles. The van der Waals surface area contributed by atoms with Crippen LogP contribution in [0.15, 0.2) is 60.7 Å². The van der Waals surface area contributed by atoms with Gasteiger partial charge in [0.05, 0.1) is 0 Å². The maximum absolute atomic E-state index is 12.8. The third-order valence-electron chi connectivity index (χ3n) is 4.47. The number of hydrogen-bond donors (Lipinski definition) is 1. The first kappa shape index (κ1) is 19.7. The summed E-state index contributed by atoms with van der Waals surface area (Å²) in [6.07, 6.45) is 1.83. The van der Waals surface area contributed by atoms with Gasteiger partial charge in [0, 0.05) is 19.5 Å². The van der Waals surface area contributed by atoms with Crippen molar-refractivity contribution in [2.45, 2.75) is 39.2 Å². The van der Waals surface area contributed by atoms with Crippen molar-refractivity contribution < 1.29 is 9.59 Å². The number of hydrogen-bond acceptors (Lipinski definition) is 2. The number of nitrogens with zero attached hydrogens (tertiary/aromatic N) is 1. The highest BCUT2D eigenvalue weighted by atomic mass is 16.2.